The Labute approximate surface area is 377 Å². The molecule has 6 aliphatic rings. The Kier molecular flexibility index (Phi) is 13.5. The highest BCUT2D eigenvalue weighted by molar-refractivity contribution is 5.72. The summed E-state index contributed by atoms with van der Waals surface area (Å²) in [6.07, 6.45) is 7.74. The van der Waals surface area contributed by atoms with Crippen LogP contribution >= 0.6 is 0 Å². The van der Waals surface area contributed by atoms with Crippen LogP contribution in [0.4, 0.5) is 0 Å². The molecule has 4 aliphatic heterocycles. The predicted octanol–water partition coefficient (Wildman–Crippen LogP) is 8.38. The smallest absolute Gasteiger partial charge is 0.309 e. The first-order valence-corrected chi connectivity index (χ1v) is 23.3. The van der Waals surface area contributed by atoms with Crippen LogP contribution in [0.1, 0.15) is 88.5 Å². The molecule has 4 saturated heterocycles. The first kappa shape index (κ1) is 44.5. The lowest BCUT2D eigenvalue weighted by atomic mass is 9.78. The SMILES string of the molecule is CC(C)(c1ccc(OCC(O)COc2ccc(C(C)(C)c3ccc(OCC4CO4)cc3)cc2)cc1)c1ccc(OCC2CO2)cc1.O=C(OCC1CCC2OC2C1)C1CCC2OC2C1. The topological polar surface area (TPSA) is 134 Å². The zero-order valence-electron chi connectivity index (χ0n) is 37.7. The van der Waals surface area contributed by atoms with Crippen molar-refractivity contribution in [2.75, 3.05) is 46.2 Å². The normalized spacial score (nSPS) is 26.7. The summed E-state index contributed by atoms with van der Waals surface area (Å²) < 4.78 is 50.2. The van der Waals surface area contributed by atoms with E-state index in [1.165, 1.54) is 22.3 Å². The second-order valence-electron chi connectivity index (χ2n) is 19.4. The van der Waals surface area contributed by atoms with Crippen molar-refractivity contribution < 1.29 is 52.5 Å². The Morgan fingerprint density at radius 3 is 1.33 bits per heavy atom. The number of fused-ring (bicyclic) bond motifs is 2. The van der Waals surface area contributed by atoms with Gasteiger partial charge in [-0.05, 0) is 115 Å². The van der Waals surface area contributed by atoms with Crippen LogP contribution in [0.5, 0.6) is 23.0 Å². The minimum absolute atomic E-state index is 0.00258. The molecule has 8 unspecified atom stereocenters. The van der Waals surface area contributed by atoms with Crippen LogP contribution in [0.3, 0.4) is 0 Å². The number of epoxide rings is 4. The molecule has 11 nitrogen and oxygen atoms in total. The molecule has 342 valence electrons. The molecular weight excluding hydrogens is 813 g/mol. The molecule has 8 atom stereocenters. The zero-order valence-corrected chi connectivity index (χ0v) is 37.7. The van der Waals surface area contributed by atoms with Gasteiger partial charge in [-0.25, -0.2) is 0 Å². The van der Waals surface area contributed by atoms with Crippen molar-refractivity contribution in [3.8, 4) is 23.0 Å². The minimum atomic E-state index is -0.772. The summed E-state index contributed by atoms with van der Waals surface area (Å²) in [5.41, 5.74) is 4.33. The third kappa shape index (κ3) is 11.8. The lowest BCUT2D eigenvalue weighted by Gasteiger charge is -2.26. The maximum absolute atomic E-state index is 12.0. The molecule has 2 saturated carbocycles. The van der Waals surface area contributed by atoms with Crippen LogP contribution in [-0.4, -0.2) is 100 Å². The fourth-order valence-corrected chi connectivity index (χ4v) is 8.92. The van der Waals surface area contributed by atoms with E-state index in [1.807, 2.05) is 48.5 Å². The molecule has 0 aromatic heterocycles. The summed E-state index contributed by atoms with van der Waals surface area (Å²) in [6, 6.07) is 32.6. The number of aliphatic hydroxyl groups excluding tert-OH is 1. The molecule has 4 aromatic rings. The van der Waals surface area contributed by atoms with Gasteiger partial charge in [-0.2, -0.15) is 0 Å². The maximum Gasteiger partial charge on any atom is 0.309 e. The number of rotatable bonds is 19. The van der Waals surface area contributed by atoms with E-state index in [0.717, 1.165) is 63.2 Å². The highest BCUT2D eigenvalue weighted by Gasteiger charge is 2.47. The summed E-state index contributed by atoms with van der Waals surface area (Å²) in [5, 5.41) is 10.5. The van der Waals surface area contributed by atoms with Gasteiger partial charge in [-0.3, -0.25) is 4.79 Å². The van der Waals surface area contributed by atoms with Crippen LogP contribution in [0.15, 0.2) is 97.1 Å². The van der Waals surface area contributed by atoms with E-state index in [9.17, 15) is 9.90 Å². The highest BCUT2D eigenvalue weighted by Crippen LogP contribution is 2.42. The molecule has 11 heteroatoms. The highest BCUT2D eigenvalue weighted by atomic mass is 16.6. The maximum atomic E-state index is 12.0. The molecule has 10 rings (SSSR count). The van der Waals surface area contributed by atoms with E-state index in [-0.39, 0.29) is 48.1 Å². The van der Waals surface area contributed by atoms with Gasteiger partial charge < -0.3 is 47.7 Å². The minimum Gasteiger partial charge on any atom is -0.491 e. The van der Waals surface area contributed by atoms with E-state index < -0.39 is 6.10 Å². The van der Waals surface area contributed by atoms with Crippen LogP contribution in [0.25, 0.3) is 0 Å². The van der Waals surface area contributed by atoms with Crippen molar-refractivity contribution in [1.82, 2.24) is 0 Å². The number of esters is 1. The van der Waals surface area contributed by atoms with E-state index >= 15 is 0 Å². The van der Waals surface area contributed by atoms with Gasteiger partial charge in [0.25, 0.3) is 0 Å². The molecular formula is C53H64O11. The lowest BCUT2D eigenvalue weighted by molar-refractivity contribution is -0.151. The van der Waals surface area contributed by atoms with Crippen LogP contribution in [-0.2, 0) is 39.3 Å². The molecule has 0 radical (unpaired) electrons. The van der Waals surface area contributed by atoms with E-state index in [2.05, 4.69) is 76.2 Å². The number of aliphatic hydroxyl groups is 1. The molecule has 2 aliphatic carbocycles. The Hall–Kier alpha value is -4.65. The first-order chi connectivity index (χ1) is 31.0. The molecule has 0 bridgehead atoms. The first-order valence-electron chi connectivity index (χ1n) is 23.3. The Morgan fingerprint density at radius 2 is 0.938 bits per heavy atom. The summed E-state index contributed by atoms with van der Waals surface area (Å²) in [5.74, 6) is 3.72. The number of benzene rings is 4. The van der Waals surface area contributed by atoms with Crippen molar-refractivity contribution in [3.05, 3.63) is 119 Å². The summed E-state index contributed by atoms with van der Waals surface area (Å²) >= 11 is 0. The van der Waals surface area contributed by atoms with Crippen LogP contribution in [0.2, 0.25) is 0 Å². The van der Waals surface area contributed by atoms with Gasteiger partial charge in [0.2, 0.25) is 0 Å². The van der Waals surface area contributed by atoms with E-state index in [4.69, 9.17) is 42.6 Å². The van der Waals surface area contributed by atoms with Gasteiger partial charge in [0, 0.05) is 10.8 Å². The Bertz CT molecular complexity index is 2010. The molecule has 1 N–H and O–H groups in total. The quantitative estimate of drug-likeness (QED) is 0.0720. The number of ether oxygens (including phenoxy) is 9. The standard InChI is InChI=1S/C39H44O7.C14H20O4/c1-38(2,29-9-17-34(18-10-29)43-23-36-25-45-36)27-5-13-32(14-6-27)41-21-31(40)22-42-33-15-7-28(8-16-33)39(3,4)30-11-19-35(20-12-30)44-24-37-26-46-37;15-14(9-2-4-11-13(6-9)18-11)16-7-8-1-3-10-12(5-8)17-10/h5-20,31,36-37,40H,21-26H2,1-4H3;8-13H,1-7H2. The van der Waals surface area contributed by atoms with Gasteiger partial charge in [0.15, 0.2) is 0 Å². The van der Waals surface area contributed by atoms with Crippen molar-refractivity contribution in [2.24, 2.45) is 11.8 Å². The van der Waals surface area contributed by atoms with Crippen LogP contribution in [0, 0.1) is 11.8 Å². The largest absolute Gasteiger partial charge is 0.491 e. The fourth-order valence-electron chi connectivity index (χ4n) is 8.92. The van der Waals surface area contributed by atoms with Crippen molar-refractivity contribution >= 4 is 5.97 Å². The third-order valence-corrected chi connectivity index (χ3v) is 13.8. The zero-order chi connectivity index (χ0) is 44.3. The number of hydrogen-bond acceptors (Lipinski definition) is 11. The number of hydrogen-bond donors (Lipinski definition) is 1. The molecule has 4 heterocycles. The van der Waals surface area contributed by atoms with Gasteiger partial charge in [0.05, 0.1) is 50.2 Å². The summed E-state index contributed by atoms with van der Waals surface area (Å²) in [6.45, 7) is 12.4. The molecule has 0 amide bonds. The van der Waals surface area contributed by atoms with E-state index in [0.29, 0.717) is 61.7 Å². The Balaban J connectivity index is 0.000000237. The van der Waals surface area contributed by atoms with Crippen molar-refractivity contribution in [3.63, 3.8) is 0 Å². The molecule has 0 spiro atoms. The second-order valence-corrected chi connectivity index (χ2v) is 19.4. The van der Waals surface area contributed by atoms with Gasteiger partial charge in [0.1, 0.15) is 67.7 Å². The second kappa shape index (κ2) is 19.4. The lowest BCUT2D eigenvalue weighted by Crippen LogP contribution is -2.27. The van der Waals surface area contributed by atoms with E-state index in [1.54, 1.807) is 0 Å². The summed E-state index contributed by atoms with van der Waals surface area (Å²) in [7, 11) is 0. The summed E-state index contributed by atoms with van der Waals surface area (Å²) in [4.78, 5) is 12.0. The molecule has 64 heavy (non-hydrogen) atoms. The Morgan fingerprint density at radius 1 is 0.547 bits per heavy atom. The van der Waals surface area contributed by atoms with Crippen molar-refractivity contribution in [2.45, 2.75) is 120 Å². The predicted molar refractivity (Wildman–Crippen MR) is 240 cm³/mol. The monoisotopic (exact) mass is 876 g/mol. The van der Waals surface area contributed by atoms with Crippen LogP contribution < -0.4 is 18.9 Å². The van der Waals surface area contributed by atoms with Gasteiger partial charge >= 0.3 is 5.97 Å². The number of carbonyl (C=O) groups excluding carboxylic acids is 1. The average Bonchev–Trinajstić information content (AvgIpc) is 4.11. The van der Waals surface area contributed by atoms with Crippen molar-refractivity contribution in [1.29, 1.82) is 0 Å². The average molecular weight is 877 g/mol. The molecule has 6 fully saturated rings. The molecule has 4 aromatic carbocycles. The third-order valence-electron chi connectivity index (χ3n) is 13.8. The fraction of sp³-hybridized carbons (Fsp3) is 0.528. The van der Waals surface area contributed by atoms with Gasteiger partial charge in [-0.15, -0.1) is 0 Å². The van der Waals surface area contributed by atoms with Gasteiger partial charge in [-0.1, -0.05) is 76.2 Å². The number of carbonyl (C=O) groups is 1.